The topological polar surface area (TPSA) is 52.7 Å². The molecule has 5 nitrogen and oxygen atoms in total. The standard InChI is InChI=1S/C12H21N3O2/c1-10-13-6-4-5-11(16)15(10)9-12(17)14-7-2-3-8-14/h10,13H,2-9H2,1H3. The lowest BCUT2D eigenvalue weighted by Gasteiger charge is -2.28. The highest BCUT2D eigenvalue weighted by Crippen LogP contribution is 2.11. The van der Waals surface area contributed by atoms with Gasteiger partial charge in [0.15, 0.2) is 0 Å². The van der Waals surface area contributed by atoms with Gasteiger partial charge in [-0.25, -0.2) is 0 Å². The fourth-order valence-corrected chi connectivity index (χ4v) is 2.46. The predicted octanol–water partition coefficient (Wildman–Crippen LogP) is 0.167. The molecule has 0 spiro atoms. The summed E-state index contributed by atoms with van der Waals surface area (Å²) >= 11 is 0. The van der Waals surface area contributed by atoms with Crippen LogP contribution in [0.15, 0.2) is 0 Å². The summed E-state index contributed by atoms with van der Waals surface area (Å²) in [5.41, 5.74) is 0. The summed E-state index contributed by atoms with van der Waals surface area (Å²) in [7, 11) is 0. The van der Waals surface area contributed by atoms with Gasteiger partial charge in [0.2, 0.25) is 11.8 Å². The Labute approximate surface area is 102 Å². The summed E-state index contributed by atoms with van der Waals surface area (Å²) in [6, 6.07) is 0. The second kappa shape index (κ2) is 5.49. The summed E-state index contributed by atoms with van der Waals surface area (Å²) in [4.78, 5) is 27.5. The molecule has 5 heteroatoms. The Morgan fingerprint density at radius 2 is 2.06 bits per heavy atom. The highest BCUT2D eigenvalue weighted by atomic mass is 16.2. The van der Waals surface area contributed by atoms with Gasteiger partial charge in [-0.15, -0.1) is 0 Å². The van der Waals surface area contributed by atoms with Crippen LogP contribution < -0.4 is 5.32 Å². The summed E-state index contributed by atoms with van der Waals surface area (Å²) in [5, 5.41) is 3.26. The fraction of sp³-hybridized carbons (Fsp3) is 0.833. The molecule has 2 amide bonds. The van der Waals surface area contributed by atoms with Crippen LogP contribution >= 0.6 is 0 Å². The van der Waals surface area contributed by atoms with Crippen LogP contribution in [0.4, 0.5) is 0 Å². The lowest BCUT2D eigenvalue weighted by molar-refractivity contribution is -0.141. The predicted molar refractivity (Wildman–Crippen MR) is 64.2 cm³/mol. The highest BCUT2D eigenvalue weighted by molar-refractivity contribution is 5.85. The average molecular weight is 239 g/mol. The van der Waals surface area contributed by atoms with Crippen molar-refractivity contribution in [1.82, 2.24) is 15.1 Å². The molecule has 2 rings (SSSR count). The molecule has 0 saturated carbocycles. The van der Waals surface area contributed by atoms with Crippen molar-refractivity contribution in [2.45, 2.75) is 38.8 Å². The zero-order chi connectivity index (χ0) is 12.3. The second-order valence-corrected chi connectivity index (χ2v) is 4.84. The zero-order valence-corrected chi connectivity index (χ0v) is 10.4. The van der Waals surface area contributed by atoms with E-state index in [4.69, 9.17) is 0 Å². The van der Waals surface area contributed by atoms with E-state index < -0.39 is 0 Å². The van der Waals surface area contributed by atoms with Crippen LogP contribution in [-0.4, -0.2) is 54.0 Å². The smallest absolute Gasteiger partial charge is 0.242 e. The molecule has 2 aliphatic rings. The number of hydrogen-bond donors (Lipinski definition) is 1. The van der Waals surface area contributed by atoms with Crippen molar-refractivity contribution in [3.8, 4) is 0 Å². The minimum absolute atomic E-state index is 0.0310. The highest BCUT2D eigenvalue weighted by Gasteiger charge is 2.27. The van der Waals surface area contributed by atoms with Crippen molar-refractivity contribution in [3.05, 3.63) is 0 Å². The van der Waals surface area contributed by atoms with Crippen molar-refractivity contribution < 1.29 is 9.59 Å². The van der Waals surface area contributed by atoms with Crippen molar-refractivity contribution in [3.63, 3.8) is 0 Å². The van der Waals surface area contributed by atoms with E-state index in [1.807, 2.05) is 11.8 Å². The Balaban J connectivity index is 1.94. The van der Waals surface area contributed by atoms with Gasteiger partial charge in [-0.3, -0.25) is 14.9 Å². The summed E-state index contributed by atoms with van der Waals surface area (Å²) in [6.45, 7) is 4.72. The molecule has 0 radical (unpaired) electrons. The molecule has 0 aromatic heterocycles. The van der Waals surface area contributed by atoms with Crippen LogP contribution in [0.5, 0.6) is 0 Å². The molecular weight excluding hydrogens is 218 g/mol. The van der Waals surface area contributed by atoms with Crippen molar-refractivity contribution in [2.24, 2.45) is 0 Å². The lowest BCUT2D eigenvalue weighted by atomic mass is 10.3. The van der Waals surface area contributed by atoms with Crippen LogP contribution in [0.2, 0.25) is 0 Å². The molecular formula is C12H21N3O2. The first-order chi connectivity index (χ1) is 8.18. The zero-order valence-electron chi connectivity index (χ0n) is 10.4. The fourth-order valence-electron chi connectivity index (χ4n) is 2.46. The third-order valence-electron chi connectivity index (χ3n) is 3.56. The first-order valence-electron chi connectivity index (χ1n) is 6.49. The minimum Gasteiger partial charge on any atom is -0.341 e. The van der Waals surface area contributed by atoms with E-state index in [0.717, 1.165) is 38.9 Å². The second-order valence-electron chi connectivity index (χ2n) is 4.84. The third kappa shape index (κ3) is 2.97. The Kier molecular flexibility index (Phi) is 3.99. The normalized spacial score (nSPS) is 26.2. The maximum atomic E-state index is 12.0. The van der Waals surface area contributed by atoms with Crippen LogP contribution in [0.3, 0.4) is 0 Å². The number of carbonyl (C=O) groups excluding carboxylic acids is 2. The maximum Gasteiger partial charge on any atom is 0.242 e. The van der Waals surface area contributed by atoms with Gasteiger partial charge in [-0.1, -0.05) is 0 Å². The van der Waals surface area contributed by atoms with Crippen LogP contribution in [-0.2, 0) is 9.59 Å². The number of amides is 2. The molecule has 1 unspecified atom stereocenters. The lowest BCUT2D eigenvalue weighted by Crippen LogP contribution is -2.49. The van der Waals surface area contributed by atoms with Gasteiger partial charge in [-0.05, 0) is 32.7 Å². The first-order valence-corrected chi connectivity index (χ1v) is 6.49. The maximum absolute atomic E-state index is 12.0. The van der Waals surface area contributed by atoms with Gasteiger partial charge in [0.25, 0.3) is 0 Å². The van der Waals surface area contributed by atoms with Gasteiger partial charge in [-0.2, -0.15) is 0 Å². The van der Waals surface area contributed by atoms with Gasteiger partial charge in [0.05, 0.1) is 6.17 Å². The Morgan fingerprint density at radius 3 is 2.76 bits per heavy atom. The van der Waals surface area contributed by atoms with Crippen molar-refractivity contribution in [1.29, 1.82) is 0 Å². The quantitative estimate of drug-likeness (QED) is 0.747. The van der Waals surface area contributed by atoms with Gasteiger partial charge >= 0.3 is 0 Å². The molecule has 1 atom stereocenters. The summed E-state index contributed by atoms with van der Waals surface area (Å²) in [5.74, 6) is 0.182. The third-order valence-corrected chi connectivity index (χ3v) is 3.56. The van der Waals surface area contributed by atoms with E-state index in [9.17, 15) is 9.59 Å². The van der Waals surface area contributed by atoms with Crippen LogP contribution in [0.1, 0.15) is 32.6 Å². The molecule has 2 fully saturated rings. The van der Waals surface area contributed by atoms with E-state index in [-0.39, 0.29) is 24.5 Å². The average Bonchev–Trinajstić information content (AvgIpc) is 2.79. The molecule has 2 aliphatic heterocycles. The molecule has 96 valence electrons. The van der Waals surface area contributed by atoms with Gasteiger partial charge < -0.3 is 9.80 Å². The van der Waals surface area contributed by atoms with E-state index in [2.05, 4.69) is 5.32 Å². The number of rotatable bonds is 2. The minimum atomic E-state index is -0.0310. The SMILES string of the molecule is CC1NCCCC(=O)N1CC(=O)N1CCCC1. The Bertz CT molecular complexity index is 300. The van der Waals surface area contributed by atoms with E-state index in [0.29, 0.717) is 6.42 Å². The molecule has 0 aliphatic carbocycles. The van der Waals surface area contributed by atoms with Crippen molar-refractivity contribution in [2.75, 3.05) is 26.2 Å². The van der Waals surface area contributed by atoms with Gasteiger partial charge in [0.1, 0.15) is 6.54 Å². The monoisotopic (exact) mass is 239 g/mol. The Morgan fingerprint density at radius 1 is 1.35 bits per heavy atom. The van der Waals surface area contributed by atoms with Crippen molar-refractivity contribution >= 4 is 11.8 Å². The molecule has 17 heavy (non-hydrogen) atoms. The molecule has 0 aromatic rings. The summed E-state index contributed by atoms with van der Waals surface area (Å²) in [6.07, 6.45) is 3.56. The number of nitrogens with one attached hydrogen (secondary N) is 1. The number of carbonyl (C=O) groups is 2. The molecule has 0 aromatic carbocycles. The van der Waals surface area contributed by atoms with E-state index in [1.54, 1.807) is 4.90 Å². The summed E-state index contributed by atoms with van der Waals surface area (Å²) < 4.78 is 0. The molecule has 2 heterocycles. The number of likely N-dealkylation sites (tertiary alicyclic amines) is 1. The number of hydrogen-bond acceptors (Lipinski definition) is 3. The van der Waals surface area contributed by atoms with Gasteiger partial charge in [0, 0.05) is 19.5 Å². The Hall–Kier alpha value is -1.10. The number of nitrogens with zero attached hydrogens (tertiary/aromatic N) is 2. The van der Waals surface area contributed by atoms with Crippen LogP contribution in [0.25, 0.3) is 0 Å². The molecule has 2 saturated heterocycles. The first kappa shape index (κ1) is 12.4. The van der Waals surface area contributed by atoms with E-state index >= 15 is 0 Å². The van der Waals surface area contributed by atoms with Crippen LogP contribution in [0, 0.1) is 0 Å². The van der Waals surface area contributed by atoms with E-state index in [1.165, 1.54) is 0 Å². The molecule has 0 bridgehead atoms. The largest absolute Gasteiger partial charge is 0.341 e. The molecule has 1 N–H and O–H groups in total.